The summed E-state index contributed by atoms with van der Waals surface area (Å²) >= 11 is 5.91. The number of nitro groups is 1. The van der Waals surface area contributed by atoms with Crippen molar-refractivity contribution in [3.05, 3.63) is 80.4 Å². The Hall–Kier alpha value is -3.23. The van der Waals surface area contributed by atoms with E-state index >= 15 is 0 Å². The molecular weight excluding hydrogens is 424 g/mol. The number of carbonyl (C=O) groups is 2. The standard InChI is InChI=1S/C22H19ClN2O6/c23-14-9-7-13(8-10-14)20(26)18-19(16-5-1-2-6-17(16)25(29)30)24(22(28)21(18)27)12-15-4-3-11-31-15/h1-2,5-10,15,19,26H,3-4,11-12H2/b20-18+. The van der Waals surface area contributed by atoms with Crippen molar-refractivity contribution in [2.24, 2.45) is 0 Å². The van der Waals surface area contributed by atoms with Crippen LogP contribution in [-0.2, 0) is 14.3 Å². The highest BCUT2D eigenvalue weighted by Crippen LogP contribution is 2.43. The minimum Gasteiger partial charge on any atom is -0.507 e. The number of rotatable bonds is 5. The van der Waals surface area contributed by atoms with Crippen LogP contribution < -0.4 is 0 Å². The Kier molecular flexibility index (Phi) is 5.75. The second-order valence-corrected chi connectivity index (χ2v) is 7.85. The molecule has 8 nitrogen and oxygen atoms in total. The lowest BCUT2D eigenvalue weighted by atomic mass is 9.94. The molecule has 2 saturated heterocycles. The monoisotopic (exact) mass is 442 g/mol. The zero-order valence-corrected chi connectivity index (χ0v) is 17.1. The molecule has 1 amide bonds. The van der Waals surface area contributed by atoms with E-state index in [0.29, 0.717) is 18.1 Å². The lowest BCUT2D eigenvalue weighted by Crippen LogP contribution is -2.36. The topological polar surface area (TPSA) is 110 Å². The third-order valence-electron chi connectivity index (χ3n) is 5.51. The normalized spacial score (nSPS) is 22.8. The summed E-state index contributed by atoms with van der Waals surface area (Å²) < 4.78 is 5.62. The summed E-state index contributed by atoms with van der Waals surface area (Å²) in [6.45, 7) is 0.647. The van der Waals surface area contributed by atoms with Gasteiger partial charge in [0, 0.05) is 29.8 Å². The number of likely N-dealkylation sites (tertiary alicyclic amines) is 1. The molecule has 31 heavy (non-hydrogen) atoms. The van der Waals surface area contributed by atoms with E-state index in [1.807, 2.05) is 0 Å². The van der Waals surface area contributed by atoms with Gasteiger partial charge in [-0.2, -0.15) is 0 Å². The molecule has 2 unspecified atom stereocenters. The molecule has 0 saturated carbocycles. The SMILES string of the molecule is O=C1C(=O)N(CC2CCCO2)C(c2ccccc2[N+](=O)[O-])/C1=C(\O)c1ccc(Cl)cc1. The molecule has 4 rings (SSSR count). The number of benzene rings is 2. The molecule has 0 spiro atoms. The van der Waals surface area contributed by atoms with E-state index in [1.165, 1.54) is 35.2 Å². The van der Waals surface area contributed by atoms with Gasteiger partial charge in [-0.3, -0.25) is 19.7 Å². The number of aliphatic hydroxyl groups excluding tert-OH is 1. The zero-order valence-electron chi connectivity index (χ0n) is 16.4. The van der Waals surface area contributed by atoms with Crippen molar-refractivity contribution in [2.45, 2.75) is 25.0 Å². The predicted octanol–water partition coefficient (Wildman–Crippen LogP) is 3.85. The van der Waals surface area contributed by atoms with E-state index in [2.05, 4.69) is 0 Å². The molecule has 0 radical (unpaired) electrons. The molecule has 2 heterocycles. The number of carbonyl (C=O) groups excluding carboxylic acids is 2. The fourth-order valence-corrected chi connectivity index (χ4v) is 4.17. The van der Waals surface area contributed by atoms with Gasteiger partial charge in [0.25, 0.3) is 17.4 Å². The van der Waals surface area contributed by atoms with Crippen molar-refractivity contribution in [1.82, 2.24) is 4.90 Å². The van der Waals surface area contributed by atoms with Gasteiger partial charge in [0.05, 0.1) is 28.2 Å². The van der Waals surface area contributed by atoms with Crippen LogP contribution in [0.15, 0.2) is 54.1 Å². The third kappa shape index (κ3) is 3.92. The highest BCUT2D eigenvalue weighted by Gasteiger charge is 2.48. The maximum absolute atomic E-state index is 13.0. The highest BCUT2D eigenvalue weighted by molar-refractivity contribution is 6.46. The van der Waals surface area contributed by atoms with Crippen LogP contribution in [0.1, 0.15) is 30.0 Å². The Labute approximate surface area is 182 Å². The fraction of sp³-hybridized carbons (Fsp3) is 0.273. The van der Waals surface area contributed by atoms with Crippen LogP contribution in [0.4, 0.5) is 5.69 Å². The first-order valence-electron chi connectivity index (χ1n) is 9.77. The van der Waals surface area contributed by atoms with Crippen molar-refractivity contribution < 1.29 is 24.4 Å². The minimum absolute atomic E-state index is 0.0959. The molecule has 0 aliphatic carbocycles. The van der Waals surface area contributed by atoms with Crippen LogP contribution in [0.2, 0.25) is 5.02 Å². The summed E-state index contributed by atoms with van der Waals surface area (Å²) in [4.78, 5) is 38.3. The molecule has 1 N–H and O–H groups in total. The minimum atomic E-state index is -1.11. The fourth-order valence-electron chi connectivity index (χ4n) is 4.05. The Morgan fingerprint density at radius 2 is 1.90 bits per heavy atom. The summed E-state index contributed by atoms with van der Waals surface area (Å²) in [6.07, 6.45) is 1.26. The van der Waals surface area contributed by atoms with Gasteiger partial charge < -0.3 is 14.7 Å². The first-order valence-corrected chi connectivity index (χ1v) is 10.2. The van der Waals surface area contributed by atoms with Gasteiger partial charge in [-0.05, 0) is 43.2 Å². The average molecular weight is 443 g/mol. The van der Waals surface area contributed by atoms with Gasteiger partial charge in [0.15, 0.2) is 0 Å². The molecule has 2 aromatic carbocycles. The van der Waals surface area contributed by atoms with Crippen molar-refractivity contribution in [3.8, 4) is 0 Å². The first kappa shape index (κ1) is 21.0. The molecule has 160 valence electrons. The van der Waals surface area contributed by atoms with Gasteiger partial charge in [-0.25, -0.2) is 0 Å². The maximum Gasteiger partial charge on any atom is 0.295 e. The maximum atomic E-state index is 13.0. The molecule has 9 heteroatoms. The van der Waals surface area contributed by atoms with Crippen LogP contribution in [0.3, 0.4) is 0 Å². The lowest BCUT2D eigenvalue weighted by molar-refractivity contribution is -0.385. The summed E-state index contributed by atoms with van der Waals surface area (Å²) in [7, 11) is 0. The number of Topliss-reactive ketones (excluding diaryl/α,β-unsaturated/α-hetero) is 1. The zero-order chi connectivity index (χ0) is 22.1. The number of nitro benzene ring substituents is 1. The molecule has 2 atom stereocenters. The Balaban J connectivity index is 1.89. The molecule has 0 aromatic heterocycles. The summed E-state index contributed by atoms with van der Waals surface area (Å²) in [6, 6.07) is 10.9. The number of ketones is 1. The van der Waals surface area contributed by atoms with Crippen LogP contribution in [0.25, 0.3) is 5.76 Å². The number of halogens is 1. The number of nitrogens with zero attached hydrogens (tertiary/aromatic N) is 2. The Bertz CT molecular complexity index is 1080. The smallest absolute Gasteiger partial charge is 0.295 e. The van der Waals surface area contributed by atoms with E-state index in [9.17, 15) is 24.8 Å². The number of ether oxygens (including phenoxy) is 1. The van der Waals surface area contributed by atoms with E-state index in [4.69, 9.17) is 16.3 Å². The molecule has 2 aromatic rings. The molecule has 2 aliphatic rings. The van der Waals surface area contributed by atoms with Gasteiger partial charge in [-0.15, -0.1) is 0 Å². The average Bonchev–Trinajstić information content (AvgIpc) is 3.36. The molecule has 2 fully saturated rings. The van der Waals surface area contributed by atoms with Crippen molar-refractivity contribution in [3.63, 3.8) is 0 Å². The van der Waals surface area contributed by atoms with Crippen molar-refractivity contribution in [1.29, 1.82) is 0 Å². The Morgan fingerprint density at radius 1 is 1.19 bits per heavy atom. The van der Waals surface area contributed by atoms with Crippen molar-refractivity contribution >= 4 is 34.7 Å². The summed E-state index contributed by atoms with van der Waals surface area (Å²) in [5.41, 5.74) is -0.00308. The first-order chi connectivity index (χ1) is 14.9. The summed E-state index contributed by atoms with van der Waals surface area (Å²) in [5, 5.41) is 23.1. The van der Waals surface area contributed by atoms with Crippen LogP contribution in [-0.4, -0.2) is 45.9 Å². The second kappa shape index (κ2) is 8.49. The summed E-state index contributed by atoms with van der Waals surface area (Å²) in [5.74, 6) is -2.13. The van der Waals surface area contributed by atoms with E-state index in [-0.39, 0.29) is 35.0 Å². The number of aliphatic hydroxyl groups is 1. The molecular formula is C22H19ClN2O6. The number of hydrogen-bond donors (Lipinski definition) is 1. The number of hydrogen-bond acceptors (Lipinski definition) is 6. The van der Waals surface area contributed by atoms with Gasteiger partial charge in [0.1, 0.15) is 5.76 Å². The quantitative estimate of drug-likeness (QED) is 0.247. The van der Waals surface area contributed by atoms with Gasteiger partial charge in [-0.1, -0.05) is 23.7 Å². The van der Waals surface area contributed by atoms with Crippen LogP contribution in [0.5, 0.6) is 0 Å². The van der Waals surface area contributed by atoms with Crippen LogP contribution >= 0.6 is 11.6 Å². The highest BCUT2D eigenvalue weighted by atomic mass is 35.5. The van der Waals surface area contributed by atoms with E-state index in [0.717, 1.165) is 6.42 Å². The van der Waals surface area contributed by atoms with E-state index < -0.39 is 28.4 Å². The molecule has 0 bridgehead atoms. The largest absolute Gasteiger partial charge is 0.507 e. The van der Waals surface area contributed by atoms with Gasteiger partial charge >= 0.3 is 0 Å². The third-order valence-corrected chi connectivity index (χ3v) is 5.76. The number of amides is 1. The Morgan fingerprint density at radius 3 is 2.55 bits per heavy atom. The second-order valence-electron chi connectivity index (χ2n) is 7.41. The van der Waals surface area contributed by atoms with E-state index in [1.54, 1.807) is 18.2 Å². The number of para-hydroxylation sites is 1. The molecule has 2 aliphatic heterocycles. The lowest BCUT2D eigenvalue weighted by Gasteiger charge is -2.27. The van der Waals surface area contributed by atoms with Gasteiger partial charge in [0.2, 0.25) is 0 Å². The predicted molar refractivity (Wildman–Crippen MR) is 113 cm³/mol. The van der Waals surface area contributed by atoms with Crippen LogP contribution in [0, 0.1) is 10.1 Å². The van der Waals surface area contributed by atoms with Crippen molar-refractivity contribution in [2.75, 3.05) is 13.2 Å².